The van der Waals surface area contributed by atoms with Crippen LogP contribution in [0, 0.1) is 6.92 Å². The predicted molar refractivity (Wildman–Crippen MR) is 68.5 cm³/mol. The molecule has 0 saturated heterocycles. The standard InChI is InChI=1S/C13H14BrNO/c1-9-7-11(8-16-9)13(15-2)10-3-5-12(14)6-4-10/h3-8,13,15H,1-2H3. The van der Waals surface area contributed by atoms with Crippen molar-refractivity contribution in [2.24, 2.45) is 0 Å². The smallest absolute Gasteiger partial charge is 0.101 e. The van der Waals surface area contributed by atoms with Crippen LogP contribution in [0.25, 0.3) is 0 Å². The molecule has 0 bridgehead atoms. The molecule has 0 aliphatic carbocycles. The molecule has 0 amide bonds. The minimum Gasteiger partial charge on any atom is -0.469 e. The van der Waals surface area contributed by atoms with E-state index in [-0.39, 0.29) is 6.04 Å². The van der Waals surface area contributed by atoms with Crippen molar-refractivity contribution < 1.29 is 4.42 Å². The summed E-state index contributed by atoms with van der Waals surface area (Å²) >= 11 is 3.44. The molecule has 0 spiro atoms. The number of furan rings is 1. The second-order valence-electron chi connectivity index (χ2n) is 3.76. The molecule has 1 aromatic heterocycles. The molecule has 3 heteroatoms. The van der Waals surface area contributed by atoms with Gasteiger partial charge >= 0.3 is 0 Å². The van der Waals surface area contributed by atoms with E-state index >= 15 is 0 Å². The third-order valence-electron chi connectivity index (χ3n) is 2.58. The van der Waals surface area contributed by atoms with Crippen LogP contribution in [0.4, 0.5) is 0 Å². The van der Waals surface area contributed by atoms with Gasteiger partial charge in [-0.3, -0.25) is 0 Å². The lowest BCUT2D eigenvalue weighted by atomic mass is 10.0. The van der Waals surface area contributed by atoms with Crippen LogP contribution in [0.15, 0.2) is 45.5 Å². The van der Waals surface area contributed by atoms with Crippen LogP contribution in [0.1, 0.15) is 22.9 Å². The highest BCUT2D eigenvalue weighted by Crippen LogP contribution is 2.24. The van der Waals surface area contributed by atoms with Crippen molar-refractivity contribution in [1.29, 1.82) is 0 Å². The van der Waals surface area contributed by atoms with Crippen LogP contribution in [0.3, 0.4) is 0 Å². The van der Waals surface area contributed by atoms with Crippen molar-refractivity contribution in [2.45, 2.75) is 13.0 Å². The van der Waals surface area contributed by atoms with E-state index in [2.05, 4.69) is 39.4 Å². The topological polar surface area (TPSA) is 25.2 Å². The zero-order valence-electron chi connectivity index (χ0n) is 9.33. The van der Waals surface area contributed by atoms with Gasteiger partial charge in [-0.05, 0) is 37.7 Å². The molecule has 0 fully saturated rings. The molecule has 1 atom stereocenters. The van der Waals surface area contributed by atoms with E-state index in [1.807, 2.05) is 26.1 Å². The Balaban J connectivity index is 2.32. The summed E-state index contributed by atoms with van der Waals surface area (Å²) in [5.74, 6) is 0.937. The molecular formula is C13H14BrNO. The Bertz CT molecular complexity index is 461. The maximum atomic E-state index is 5.34. The van der Waals surface area contributed by atoms with Gasteiger partial charge < -0.3 is 9.73 Å². The molecule has 0 aliphatic rings. The Morgan fingerprint density at radius 1 is 1.19 bits per heavy atom. The number of nitrogens with one attached hydrogen (secondary N) is 1. The molecule has 16 heavy (non-hydrogen) atoms. The molecule has 1 N–H and O–H groups in total. The average Bonchev–Trinajstić information content (AvgIpc) is 2.69. The fraction of sp³-hybridized carbons (Fsp3) is 0.231. The van der Waals surface area contributed by atoms with Crippen molar-refractivity contribution >= 4 is 15.9 Å². The summed E-state index contributed by atoms with van der Waals surface area (Å²) in [6.07, 6.45) is 1.80. The number of benzene rings is 1. The minimum absolute atomic E-state index is 0.186. The summed E-state index contributed by atoms with van der Waals surface area (Å²) in [4.78, 5) is 0. The van der Waals surface area contributed by atoms with E-state index in [0.29, 0.717) is 0 Å². The summed E-state index contributed by atoms with van der Waals surface area (Å²) in [7, 11) is 1.95. The van der Waals surface area contributed by atoms with E-state index in [9.17, 15) is 0 Å². The summed E-state index contributed by atoms with van der Waals surface area (Å²) in [6.45, 7) is 1.96. The van der Waals surface area contributed by atoms with Gasteiger partial charge in [0.05, 0.1) is 12.3 Å². The maximum absolute atomic E-state index is 5.34. The molecule has 84 valence electrons. The van der Waals surface area contributed by atoms with E-state index in [4.69, 9.17) is 4.42 Å². The van der Waals surface area contributed by atoms with Crippen LogP contribution < -0.4 is 5.32 Å². The van der Waals surface area contributed by atoms with Crippen LogP contribution >= 0.6 is 15.9 Å². The summed E-state index contributed by atoms with van der Waals surface area (Å²) in [6, 6.07) is 10.6. The average molecular weight is 280 g/mol. The zero-order chi connectivity index (χ0) is 11.5. The number of hydrogen-bond donors (Lipinski definition) is 1. The van der Waals surface area contributed by atoms with Gasteiger partial charge in [-0.15, -0.1) is 0 Å². The Labute approximate surface area is 104 Å². The van der Waals surface area contributed by atoms with E-state index in [1.165, 1.54) is 5.56 Å². The Hall–Kier alpha value is -1.06. The van der Waals surface area contributed by atoms with Gasteiger partial charge in [0.1, 0.15) is 5.76 Å². The molecule has 0 aliphatic heterocycles. The second kappa shape index (κ2) is 4.85. The first kappa shape index (κ1) is 11.4. The largest absolute Gasteiger partial charge is 0.469 e. The van der Waals surface area contributed by atoms with Gasteiger partial charge in [0.25, 0.3) is 0 Å². The Morgan fingerprint density at radius 2 is 1.88 bits per heavy atom. The molecule has 2 aromatic rings. The van der Waals surface area contributed by atoms with E-state index in [0.717, 1.165) is 15.8 Å². The fourth-order valence-corrected chi connectivity index (χ4v) is 2.06. The zero-order valence-corrected chi connectivity index (χ0v) is 10.9. The van der Waals surface area contributed by atoms with Gasteiger partial charge in [-0.1, -0.05) is 28.1 Å². The van der Waals surface area contributed by atoms with E-state index in [1.54, 1.807) is 6.26 Å². The first-order chi connectivity index (χ1) is 7.70. The summed E-state index contributed by atoms with van der Waals surface area (Å²) in [5, 5.41) is 3.29. The van der Waals surface area contributed by atoms with Gasteiger partial charge in [-0.2, -0.15) is 0 Å². The molecule has 1 unspecified atom stereocenters. The molecule has 0 radical (unpaired) electrons. The molecule has 0 saturated carbocycles. The lowest BCUT2D eigenvalue weighted by Crippen LogP contribution is -2.16. The molecule has 2 rings (SSSR count). The quantitative estimate of drug-likeness (QED) is 0.928. The lowest BCUT2D eigenvalue weighted by molar-refractivity contribution is 0.528. The molecule has 1 heterocycles. The number of rotatable bonds is 3. The second-order valence-corrected chi connectivity index (χ2v) is 4.68. The molecular weight excluding hydrogens is 266 g/mol. The van der Waals surface area contributed by atoms with Crippen molar-refractivity contribution in [3.05, 3.63) is 58.0 Å². The highest BCUT2D eigenvalue weighted by Gasteiger charge is 2.13. The van der Waals surface area contributed by atoms with Gasteiger partial charge in [0, 0.05) is 10.0 Å². The minimum atomic E-state index is 0.186. The van der Waals surface area contributed by atoms with Crippen molar-refractivity contribution in [2.75, 3.05) is 7.05 Å². The predicted octanol–water partition coefficient (Wildman–Crippen LogP) is 3.66. The SMILES string of the molecule is CNC(c1ccc(Br)cc1)c1coc(C)c1. The first-order valence-corrected chi connectivity index (χ1v) is 5.98. The third kappa shape index (κ3) is 2.36. The number of aryl methyl sites for hydroxylation is 1. The monoisotopic (exact) mass is 279 g/mol. The van der Waals surface area contributed by atoms with Crippen molar-refractivity contribution in [3.8, 4) is 0 Å². The van der Waals surface area contributed by atoms with E-state index < -0.39 is 0 Å². The summed E-state index contributed by atoms with van der Waals surface area (Å²) in [5.41, 5.74) is 2.38. The Kier molecular flexibility index (Phi) is 3.46. The highest BCUT2D eigenvalue weighted by molar-refractivity contribution is 9.10. The van der Waals surface area contributed by atoms with Crippen LogP contribution in [0.2, 0.25) is 0 Å². The molecule has 2 nitrogen and oxygen atoms in total. The Morgan fingerprint density at radius 3 is 2.38 bits per heavy atom. The normalized spacial score (nSPS) is 12.7. The maximum Gasteiger partial charge on any atom is 0.101 e. The van der Waals surface area contributed by atoms with Crippen molar-refractivity contribution in [3.63, 3.8) is 0 Å². The first-order valence-electron chi connectivity index (χ1n) is 5.18. The third-order valence-corrected chi connectivity index (χ3v) is 3.10. The number of hydrogen-bond acceptors (Lipinski definition) is 2. The van der Waals surface area contributed by atoms with Gasteiger partial charge in [0.15, 0.2) is 0 Å². The van der Waals surface area contributed by atoms with Gasteiger partial charge in [0.2, 0.25) is 0 Å². The fourth-order valence-electron chi connectivity index (χ4n) is 1.80. The van der Waals surface area contributed by atoms with Crippen LogP contribution in [-0.2, 0) is 0 Å². The van der Waals surface area contributed by atoms with Crippen molar-refractivity contribution in [1.82, 2.24) is 5.32 Å². The summed E-state index contributed by atoms with van der Waals surface area (Å²) < 4.78 is 6.44. The van der Waals surface area contributed by atoms with Crippen LogP contribution in [-0.4, -0.2) is 7.05 Å². The van der Waals surface area contributed by atoms with Gasteiger partial charge in [-0.25, -0.2) is 0 Å². The van der Waals surface area contributed by atoms with Crippen LogP contribution in [0.5, 0.6) is 0 Å². The lowest BCUT2D eigenvalue weighted by Gasteiger charge is -2.14. The highest BCUT2D eigenvalue weighted by atomic mass is 79.9. The number of halogens is 1. The molecule has 1 aromatic carbocycles.